The van der Waals surface area contributed by atoms with Gasteiger partial charge in [-0.15, -0.1) is 0 Å². The normalized spacial score (nSPS) is 11.4. The van der Waals surface area contributed by atoms with E-state index in [2.05, 4.69) is 54.7 Å². The van der Waals surface area contributed by atoms with Gasteiger partial charge in [0.05, 0.1) is 17.4 Å². The Morgan fingerprint density at radius 2 is 1.85 bits per heavy atom. The highest BCUT2D eigenvalue weighted by Gasteiger charge is 2.18. The van der Waals surface area contributed by atoms with E-state index in [0.29, 0.717) is 0 Å². The molecule has 0 radical (unpaired) electrons. The van der Waals surface area contributed by atoms with Crippen LogP contribution in [-0.2, 0) is 7.05 Å². The van der Waals surface area contributed by atoms with Gasteiger partial charge in [-0.2, -0.15) is 5.10 Å². The molecule has 0 N–H and O–H groups in total. The van der Waals surface area contributed by atoms with Crippen molar-refractivity contribution in [2.24, 2.45) is 7.05 Å². The van der Waals surface area contributed by atoms with E-state index in [-0.39, 0.29) is 0 Å². The summed E-state index contributed by atoms with van der Waals surface area (Å²) in [5.74, 6) is 0. The van der Waals surface area contributed by atoms with Crippen LogP contribution in [0.25, 0.3) is 16.6 Å². The minimum atomic E-state index is 0.739. The van der Waals surface area contributed by atoms with Crippen LogP contribution in [0.4, 0.5) is 0 Å². The molecule has 3 nitrogen and oxygen atoms in total. The Morgan fingerprint density at radius 3 is 2.58 bits per heavy atom. The van der Waals surface area contributed by atoms with Crippen molar-refractivity contribution < 1.29 is 0 Å². The van der Waals surface area contributed by atoms with Crippen molar-refractivity contribution >= 4 is 34.3 Å². The highest BCUT2D eigenvalue weighted by molar-refractivity contribution is 7.99. The van der Waals surface area contributed by atoms with Crippen molar-refractivity contribution in [2.45, 2.75) is 30.6 Å². The summed E-state index contributed by atoms with van der Waals surface area (Å²) in [5, 5.41) is 6.29. The fourth-order valence-corrected chi connectivity index (χ4v) is 4.65. The first kappa shape index (κ1) is 17.3. The van der Waals surface area contributed by atoms with Gasteiger partial charge in [0.15, 0.2) is 0 Å². The highest BCUT2D eigenvalue weighted by Crippen LogP contribution is 2.41. The van der Waals surface area contributed by atoms with Gasteiger partial charge in [-0.1, -0.05) is 41.6 Å². The number of aryl methyl sites for hydroxylation is 3. The topological polar surface area (TPSA) is 22.8 Å². The third-order valence-electron chi connectivity index (χ3n) is 4.61. The lowest BCUT2D eigenvalue weighted by Gasteiger charge is -2.08. The van der Waals surface area contributed by atoms with Crippen molar-refractivity contribution in [3.8, 4) is 5.69 Å². The molecule has 2 heterocycles. The van der Waals surface area contributed by atoms with Crippen LogP contribution in [0.3, 0.4) is 0 Å². The molecule has 0 aliphatic carbocycles. The van der Waals surface area contributed by atoms with Gasteiger partial charge in [0.2, 0.25) is 0 Å². The Kier molecular flexibility index (Phi) is 4.33. The van der Waals surface area contributed by atoms with Crippen molar-refractivity contribution in [3.05, 3.63) is 70.6 Å². The van der Waals surface area contributed by atoms with Gasteiger partial charge in [0.1, 0.15) is 0 Å². The van der Waals surface area contributed by atoms with E-state index in [1.807, 2.05) is 48.0 Å². The number of benzene rings is 2. The predicted octanol–water partition coefficient (Wildman–Crippen LogP) is 6.09. The van der Waals surface area contributed by atoms with Crippen molar-refractivity contribution in [1.82, 2.24) is 14.3 Å². The molecule has 0 unspecified atom stereocenters. The molecule has 4 rings (SSSR count). The Balaban J connectivity index is 1.95. The number of rotatable bonds is 3. The SMILES string of the molecule is Cc1ccc(C)c(Sc2c(C)n(-c3cnn(C)c3)c3cc(Cl)ccc23)c1. The van der Waals surface area contributed by atoms with Crippen LogP contribution in [0.15, 0.2) is 58.6 Å². The summed E-state index contributed by atoms with van der Waals surface area (Å²) in [6, 6.07) is 12.7. The molecule has 2 aromatic carbocycles. The zero-order valence-electron chi connectivity index (χ0n) is 15.2. The van der Waals surface area contributed by atoms with E-state index in [4.69, 9.17) is 11.6 Å². The van der Waals surface area contributed by atoms with Crippen LogP contribution in [0.5, 0.6) is 0 Å². The molecular formula is C21H20ClN3S. The van der Waals surface area contributed by atoms with Crippen molar-refractivity contribution in [3.63, 3.8) is 0 Å². The standard InChI is InChI=1S/C21H20ClN3S/c1-13-5-6-14(2)20(9-13)26-21-15(3)25(17-11-23-24(4)12-17)19-10-16(22)7-8-18(19)21/h5-12H,1-4H3. The first-order chi connectivity index (χ1) is 12.4. The van der Waals surface area contributed by atoms with E-state index >= 15 is 0 Å². The van der Waals surface area contributed by atoms with Crippen LogP contribution >= 0.6 is 23.4 Å². The Morgan fingerprint density at radius 1 is 1.04 bits per heavy atom. The summed E-state index contributed by atoms with van der Waals surface area (Å²) in [6.07, 6.45) is 3.92. The molecule has 0 bridgehead atoms. The maximum Gasteiger partial charge on any atom is 0.0840 e. The molecule has 4 aromatic rings. The molecule has 0 spiro atoms. The Hall–Kier alpha value is -2.17. The van der Waals surface area contributed by atoms with Gasteiger partial charge in [0, 0.05) is 39.1 Å². The number of nitrogens with zero attached hydrogens (tertiary/aromatic N) is 3. The van der Waals surface area contributed by atoms with Gasteiger partial charge < -0.3 is 4.57 Å². The quantitative estimate of drug-likeness (QED) is 0.428. The van der Waals surface area contributed by atoms with E-state index in [9.17, 15) is 0 Å². The van der Waals surface area contributed by atoms with E-state index in [1.54, 1.807) is 0 Å². The second kappa shape index (κ2) is 6.53. The molecule has 26 heavy (non-hydrogen) atoms. The molecule has 0 fully saturated rings. The largest absolute Gasteiger partial charge is 0.310 e. The minimum Gasteiger partial charge on any atom is -0.310 e. The number of hydrogen-bond donors (Lipinski definition) is 0. The van der Waals surface area contributed by atoms with Crippen LogP contribution < -0.4 is 0 Å². The molecule has 0 saturated carbocycles. The summed E-state index contributed by atoms with van der Waals surface area (Å²) in [7, 11) is 1.93. The van der Waals surface area contributed by atoms with Crippen LogP contribution in [0.1, 0.15) is 16.8 Å². The third-order valence-corrected chi connectivity index (χ3v) is 6.23. The lowest BCUT2D eigenvalue weighted by Crippen LogP contribution is -1.95. The first-order valence-electron chi connectivity index (χ1n) is 8.49. The monoisotopic (exact) mass is 381 g/mol. The zero-order valence-corrected chi connectivity index (χ0v) is 16.8. The molecule has 5 heteroatoms. The summed E-state index contributed by atoms with van der Waals surface area (Å²) >= 11 is 8.13. The summed E-state index contributed by atoms with van der Waals surface area (Å²) in [5.41, 5.74) is 5.91. The average molecular weight is 382 g/mol. The lowest BCUT2D eigenvalue weighted by atomic mass is 10.2. The first-order valence-corrected chi connectivity index (χ1v) is 9.68. The van der Waals surface area contributed by atoms with Gasteiger partial charge >= 0.3 is 0 Å². The number of fused-ring (bicyclic) bond motifs is 1. The minimum absolute atomic E-state index is 0.739. The van der Waals surface area contributed by atoms with E-state index < -0.39 is 0 Å². The van der Waals surface area contributed by atoms with E-state index in [1.165, 1.54) is 32.0 Å². The predicted molar refractivity (Wildman–Crippen MR) is 110 cm³/mol. The third kappa shape index (κ3) is 2.93. The van der Waals surface area contributed by atoms with Crippen molar-refractivity contribution in [1.29, 1.82) is 0 Å². The molecular weight excluding hydrogens is 362 g/mol. The highest BCUT2D eigenvalue weighted by atomic mass is 35.5. The van der Waals surface area contributed by atoms with Gasteiger partial charge in [0.25, 0.3) is 0 Å². The molecule has 2 aromatic heterocycles. The average Bonchev–Trinajstić information content (AvgIpc) is 3.12. The summed E-state index contributed by atoms with van der Waals surface area (Å²) in [6.45, 7) is 6.46. The second-order valence-corrected chi connectivity index (χ2v) is 8.14. The molecule has 132 valence electrons. The van der Waals surface area contributed by atoms with Crippen LogP contribution in [-0.4, -0.2) is 14.3 Å². The van der Waals surface area contributed by atoms with Crippen molar-refractivity contribution in [2.75, 3.05) is 0 Å². The van der Waals surface area contributed by atoms with Gasteiger partial charge in [-0.25, -0.2) is 0 Å². The number of halogens is 1. The van der Waals surface area contributed by atoms with Crippen LogP contribution in [0.2, 0.25) is 5.02 Å². The zero-order chi connectivity index (χ0) is 18.4. The molecule has 0 amide bonds. The maximum atomic E-state index is 6.31. The van der Waals surface area contributed by atoms with Crippen LogP contribution in [0, 0.1) is 20.8 Å². The lowest BCUT2D eigenvalue weighted by molar-refractivity contribution is 0.767. The smallest absolute Gasteiger partial charge is 0.0840 e. The number of hydrogen-bond acceptors (Lipinski definition) is 2. The Labute approximate surface area is 162 Å². The molecule has 0 aliphatic heterocycles. The molecule has 0 atom stereocenters. The summed E-state index contributed by atoms with van der Waals surface area (Å²) < 4.78 is 4.06. The fraction of sp³-hybridized carbons (Fsp3) is 0.190. The maximum absolute atomic E-state index is 6.31. The summed E-state index contributed by atoms with van der Waals surface area (Å²) in [4.78, 5) is 2.54. The van der Waals surface area contributed by atoms with Gasteiger partial charge in [-0.3, -0.25) is 4.68 Å². The number of aromatic nitrogens is 3. The fourth-order valence-electron chi connectivity index (χ4n) is 3.27. The Bertz CT molecular complexity index is 1120. The second-order valence-electron chi connectivity index (χ2n) is 6.65. The molecule has 0 aliphatic rings. The van der Waals surface area contributed by atoms with Gasteiger partial charge in [-0.05, 0) is 50.1 Å². The molecule has 0 saturated heterocycles. The van der Waals surface area contributed by atoms with E-state index in [0.717, 1.165) is 16.2 Å².